The Morgan fingerprint density at radius 2 is 2.11 bits per heavy atom. The number of benzene rings is 1. The van der Waals surface area contributed by atoms with E-state index in [0.717, 1.165) is 18.2 Å². The Kier molecular flexibility index (Phi) is 3.56. The number of nitrogens with zero attached hydrogens (tertiary/aromatic N) is 2. The molecule has 0 aliphatic rings. The van der Waals surface area contributed by atoms with Gasteiger partial charge >= 0.3 is 0 Å². The molecule has 1 aromatic carbocycles. The van der Waals surface area contributed by atoms with E-state index in [9.17, 15) is 8.78 Å². The third kappa shape index (κ3) is 2.76. The number of hydrogen-bond donors (Lipinski definition) is 2. The number of oxime groups is 1. The van der Waals surface area contributed by atoms with Gasteiger partial charge < -0.3 is 15.7 Å². The van der Waals surface area contributed by atoms with E-state index in [2.05, 4.69) is 10.1 Å². The molecular weight excluding hydrogens is 256 g/mol. The Balaban J connectivity index is 2.41. The van der Waals surface area contributed by atoms with Crippen molar-refractivity contribution in [3.63, 3.8) is 0 Å². The molecule has 0 spiro atoms. The van der Waals surface area contributed by atoms with Crippen molar-refractivity contribution in [1.29, 1.82) is 0 Å². The maximum absolute atomic E-state index is 13.4. The fourth-order valence-corrected chi connectivity index (χ4v) is 1.38. The van der Waals surface area contributed by atoms with Crippen LogP contribution in [0.3, 0.4) is 0 Å². The van der Waals surface area contributed by atoms with Crippen molar-refractivity contribution in [2.24, 2.45) is 10.9 Å². The Morgan fingerprint density at radius 1 is 1.32 bits per heavy atom. The van der Waals surface area contributed by atoms with E-state index in [0.29, 0.717) is 0 Å². The molecule has 98 valence electrons. The molecule has 3 N–H and O–H groups in total. The van der Waals surface area contributed by atoms with Gasteiger partial charge in [-0.3, -0.25) is 0 Å². The third-order valence-electron chi connectivity index (χ3n) is 2.25. The van der Waals surface area contributed by atoms with Crippen LogP contribution in [0.5, 0.6) is 11.6 Å². The molecule has 0 aliphatic carbocycles. The molecule has 5 nitrogen and oxygen atoms in total. The predicted octanol–water partition coefficient (Wildman–Crippen LogP) is 2.25. The summed E-state index contributed by atoms with van der Waals surface area (Å²) in [6.07, 6.45) is 1.38. The summed E-state index contributed by atoms with van der Waals surface area (Å²) >= 11 is 0. The van der Waals surface area contributed by atoms with Crippen LogP contribution in [0, 0.1) is 11.6 Å². The molecule has 0 aliphatic heterocycles. The van der Waals surface area contributed by atoms with E-state index in [1.54, 1.807) is 0 Å². The van der Waals surface area contributed by atoms with Gasteiger partial charge in [0.15, 0.2) is 17.4 Å². The largest absolute Gasteiger partial charge is 0.435 e. The number of nitrogens with two attached hydrogens (primary N) is 1. The lowest BCUT2D eigenvalue weighted by Gasteiger charge is -2.09. The Morgan fingerprint density at radius 3 is 2.84 bits per heavy atom. The standard InChI is InChI=1S/C12H9F2N3O2/c13-7-3-4-9(14)10(6-7)19-12-8(11(15)17-18)2-1-5-16-12/h1-6,18H,(H2,15,17). The number of hydrogen-bond acceptors (Lipinski definition) is 4. The molecule has 7 heteroatoms. The highest BCUT2D eigenvalue weighted by Crippen LogP contribution is 2.26. The van der Waals surface area contributed by atoms with Crippen LogP contribution in [0.4, 0.5) is 8.78 Å². The molecule has 0 amide bonds. The van der Waals surface area contributed by atoms with Crippen LogP contribution in [-0.4, -0.2) is 16.0 Å². The zero-order valence-electron chi connectivity index (χ0n) is 9.55. The second-order valence-corrected chi connectivity index (χ2v) is 3.52. The summed E-state index contributed by atoms with van der Waals surface area (Å²) in [5, 5.41) is 11.4. The van der Waals surface area contributed by atoms with Crippen molar-refractivity contribution in [2.75, 3.05) is 0 Å². The number of ether oxygens (including phenoxy) is 1. The quantitative estimate of drug-likeness (QED) is 0.386. The first-order valence-electron chi connectivity index (χ1n) is 5.17. The zero-order chi connectivity index (χ0) is 13.8. The molecule has 19 heavy (non-hydrogen) atoms. The van der Waals surface area contributed by atoms with Crippen LogP contribution in [0.25, 0.3) is 0 Å². The Labute approximate surface area is 107 Å². The maximum Gasteiger partial charge on any atom is 0.230 e. The molecule has 0 unspecified atom stereocenters. The van der Waals surface area contributed by atoms with Gasteiger partial charge in [0, 0.05) is 12.3 Å². The summed E-state index contributed by atoms with van der Waals surface area (Å²) in [6, 6.07) is 5.76. The molecule has 0 saturated heterocycles. The van der Waals surface area contributed by atoms with Gasteiger partial charge in [-0.2, -0.15) is 0 Å². The van der Waals surface area contributed by atoms with Crippen LogP contribution in [-0.2, 0) is 0 Å². The lowest BCUT2D eigenvalue weighted by molar-refractivity contribution is 0.318. The normalized spacial score (nSPS) is 11.4. The van der Waals surface area contributed by atoms with Crippen LogP contribution >= 0.6 is 0 Å². The first-order chi connectivity index (χ1) is 9.11. The summed E-state index contributed by atoms with van der Waals surface area (Å²) in [6.45, 7) is 0. The van der Waals surface area contributed by atoms with E-state index >= 15 is 0 Å². The molecule has 1 heterocycles. The summed E-state index contributed by atoms with van der Waals surface area (Å²) in [7, 11) is 0. The molecule has 0 atom stereocenters. The molecular formula is C12H9F2N3O2. The highest BCUT2D eigenvalue weighted by molar-refractivity contribution is 5.99. The van der Waals surface area contributed by atoms with Crippen molar-refractivity contribution < 1.29 is 18.7 Å². The van der Waals surface area contributed by atoms with Crippen molar-refractivity contribution in [3.05, 3.63) is 53.7 Å². The lowest BCUT2D eigenvalue weighted by Crippen LogP contribution is -2.14. The van der Waals surface area contributed by atoms with Crippen LogP contribution in [0.15, 0.2) is 41.7 Å². The molecule has 1 aromatic heterocycles. The van der Waals surface area contributed by atoms with E-state index in [1.165, 1.54) is 18.3 Å². The van der Waals surface area contributed by atoms with Crippen LogP contribution in [0.2, 0.25) is 0 Å². The minimum absolute atomic E-state index is 0.0951. The topological polar surface area (TPSA) is 80.7 Å². The van der Waals surface area contributed by atoms with Crippen LogP contribution < -0.4 is 10.5 Å². The van der Waals surface area contributed by atoms with Gasteiger partial charge in [-0.1, -0.05) is 5.16 Å². The molecule has 0 fully saturated rings. The highest BCUT2D eigenvalue weighted by atomic mass is 19.1. The summed E-state index contributed by atoms with van der Waals surface area (Å²) in [5.41, 5.74) is 5.59. The second-order valence-electron chi connectivity index (χ2n) is 3.52. The van der Waals surface area contributed by atoms with Crippen molar-refractivity contribution in [1.82, 2.24) is 4.98 Å². The van der Waals surface area contributed by atoms with Crippen molar-refractivity contribution in [3.8, 4) is 11.6 Å². The first kappa shape index (κ1) is 12.7. The fourth-order valence-electron chi connectivity index (χ4n) is 1.38. The SMILES string of the molecule is N/C(=N/O)c1cccnc1Oc1cc(F)ccc1F. The van der Waals surface area contributed by atoms with E-state index in [-0.39, 0.29) is 23.0 Å². The number of halogens is 2. The van der Waals surface area contributed by atoms with Gasteiger partial charge in [0.2, 0.25) is 5.88 Å². The Hall–Kier alpha value is -2.70. The van der Waals surface area contributed by atoms with Gasteiger partial charge in [0.1, 0.15) is 5.82 Å². The summed E-state index contributed by atoms with van der Waals surface area (Å²) in [5.74, 6) is -2.09. The van der Waals surface area contributed by atoms with E-state index in [4.69, 9.17) is 15.7 Å². The average molecular weight is 265 g/mol. The van der Waals surface area contributed by atoms with E-state index < -0.39 is 11.6 Å². The minimum Gasteiger partial charge on any atom is -0.435 e. The average Bonchev–Trinajstić information content (AvgIpc) is 2.42. The number of aromatic nitrogens is 1. The summed E-state index contributed by atoms with van der Waals surface area (Å²) in [4.78, 5) is 3.83. The summed E-state index contributed by atoms with van der Waals surface area (Å²) < 4.78 is 31.6. The molecule has 2 rings (SSSR count). The van der Waals surface area contributed by atoms with Gasteiger partial charge in [-0.15, -0.1) is 0 Å². The zero-order valence-corrected chi connectivity index (χ0v) is 9.55. The molecule has 0 radical (unpaired) electrons. The van der Waals surface area contributed by atoms with E-state index in [1.807, 2.05) is 0 Å². The van der Waals surface area contributed by atoms with Crippen molar-refractivity contribution in [2.45, 2.75) is 0 Å². The molecule has 0 bridgehead atoms. The first-order valence-corrected chi connectivity index (χ1v) is 5.17. The fraction of sp³-hybridized carbons (Fsp3) is 0. The van der Waals surface area contributed by atoms with Gasteiger partial charge in [-0.25, -0.2) is 13.8 Å². The lowest BCUT2D eigenvalue weighted by atomic mass is 10.2. The number of rotatable bonds is 3. The maximum atomic E-state index is 13.4. The highest BCUT2D eigenvalue weighted by Gasteiger charge is 2.13. The monoisotopic (exact) mass is 265 g/mol. The number of amidine groups is 1. The molecule has 2 aromatic rings. The third-order valence-corrected chi connectivity index (χ3v) is 2.25. The van der Waals surface area contributed by atoms with Gasteiger partial charge in [-0.05, 0) is 24.3 Å². The smallest absolute Gasteiger partial charge is 0.230 e. The minimum atomic E-state index is -0.752. The second kappa shape index (κ2) is 5.30. The Bertz CT molecular complexity index is 632. The number of pyridine rings is 1. The van der Waals surface area contributed by atoms with Crippen molar-refractivity contribution >= 4 is 5.84 Å². The predicted molar refractivity (Wildman–Crippen MR) is 63.2 cm³/mol. The van der Waals surface area contributed by atoms with Gasteiger partial charge in [0.25, 0.3) is 0 Å². The van der Waals surface area contributed by atoms with Gasteiger partial charge in [0.05, 0.1) is 5.56 Å². The van der Waals surface area contributed by atoms with Crippen LogP contribution in [0.1, 0.15) is 5.56 Å². The molecule has 0 saturated carbocycles.